The topological polar surface area (TPSA) is 117 Å². The van der Waals surface area contributed by atoms with E-state index in [1.54, 1.807) is 10.9 Å². The summed E-state index contributed by atoms with van der Waals surface area (Å²) in [6.07, 6.45) is 0.735. The van der Waals surface area contributed by atoms with Crippen LogP contribution in [0.1, 0.15) is 33.6 Å². The van der Waals surface area contributed by atoms with Crippen molar-refractivity contribution in [3.8, 4) is 11.3 Å². The van der Waals surface area contributed by atoms with E-state index in [2.05, 4.69) is 15.4 Å². The highest BCUT2D eigenvalue weighted by molar-refractivity contribution is 6.31. The van der Waals surface area contributed by atoms with E-state index in [0.29, 0.717) is 25.2 Å². The lowest BCUT2D eigenvalue weighted by molar-refractivity contribution is -0.192. The first-order valence-corrected chi connectivity index (χ1v) is 11.0. The second kappa shape index (κ2) is 11.3. The molecule has 2 aromatic heterocycles. The Morgan fingerprint density at radius 3 is 2.51 bits per heavy atom. The van der Waals surface area contributed by atoms with Gasteiger partial charge in [0, 0.05) is 41.6 Å². The van der Waals surface area contributed by atoms with Crippen LogP contribution in [-0.2, 0) is 30.7 Å². The van der Waals surface area contributed by atoms with Crippen LogP contribution in [0.25, 0.3) is 11.3 Å². The first kappa shape index (κ1) is 26.2. The van der Waals surface area contributed by atoms with Gasteiger partial charge in [-0.25, -0.2) is 9.59 Å². The fraction of sp³-hybridized carbons (Fsp3) is 0.304. The van der Waals surface area contributed by atoms with Crippen LogP contribution in [0.15, 0.2) is 42.7 Å². The molecule has 4 rings (SSSR count). The number of pyridine rings is 1. The van der Waals surface area contributed by atoms with Gasteiger partial charge in [-0.3, -0.25) is 9.67 Å². The van der Waals surface area contributed by atoms with Crippen molar-refractivity contribution in [2.75, 3.05) is 6.54 Å². The summed E-state index contributed by atoms with van der Waals surface area (Å²) in [5, 5.41) is 25.6. The Balaban J connectivity index is 0.000000429. The normalized spacial score (nSPS) is 12.2. The molecule has 0 aliphatic heterocycles. The van der Waals surface area contributed by atoms with Crippen molar-refractivity contribution >= 4 is 23.5 Å². The summed E-state index contributed by atoms with van der Waals surface area (Å²) < 4.78 is 33.4. The number of aliphatic carboxylic acids is 1. The molecule has 0 saturated carbocycles. The van der Waals surface area contributed by atoms with Gasteiger partial charge in [-0.2, -0.15) is 18.3 Å². The maximum absolute atomic E-state index is 11.9. The largest absolute Gasteiger partial charge is 0.490 e. The standard InChI is InChI=1S/C21H21ClN4O2.C2HF3O2/c22-18-5-2-1-4-15(18)13-23-9-3-11-26-20(21(27)28)17-7-6-14-12-24-10-8-16(14)19(17)25-26;3-2(4,5)1(6)7/h1-2,4-5,8,10,12,23H,3,6-7,9,11,13H2,(H,27,28);(H,6,7). The molecule has 1 aromatic carbocycles. The van der Waals surface area contributed by atoms with E-state index < -0.39 is 18.1 Å². The molecule has 186 valence electrons. The van der Waals surface area contributed by atoms with Crippen molar-refractivity contribution < 1.29 is 33.0 Å². The lowest BCUT2D eigenvalue weighted by Gasteiger charge is -2.14. The first-order valence-electron chi connectivity index (χ1n) is 10.6. The molecule has 8 nitrogen and oxygen atoms in total. The lowest BCUT2D eigenvalue weighted by Crippen LogP contribution is -2.21. The third kappa shape index (κ3) is 6.58. The predicted octanol–water partition coefficient (Wildman–Crippen LogP) is 4.21. The zero-order valence-electron chi connectivity index (χ0n) is 18.3. The molecule has 0 fully saturated rings. The third-order valence-electron chi connectivity index (χ3n) is 5.30. The van der Waals surface area contributed by atoms with Gasteiger partial charge in [0.1, 0.15) is 5.69 Å². The molecular weight excluding hydrogens is 489 g/mol. The van der Waals surface area contributed by atoms with Crippen molar-refractivity contribution in [3.63, 3.8) is 0 Å². The van der Waals surface area contributed by atoms with Crippen LogP contribution >= 0.6 is 11.6 Å². The number of alkyl halides is 3. The summed E-state index contributed by atoms with van der Waals surface area (Å²) in [5.74, 6) is -3.68. The average molecular weight is 511 g/mol. The number of carboxylic acid groups (broad SMARTS) is 2. The van der Waals surface area contributed by atoms with Crippen molar-refractivity contribution in [2.24, 2.45) is 0 Å². The summed E-state index contributed by atoms with van der Waals surface area (Å²) in [6.45, 7) is 1.97. The number of aromatic nitrogens is 3. The number of hydrogen-bond donors (Lipinski definition) is 3. The number of aryl methyl sites for hydroxylation is 2. The van der Waals surface area contributed by atoms with Gasteiger partial charge in [0.2, 0.25) is 0 Å². The predicted molar refractivity (Wildman–Crippen MR) is 121 cm³/mol. The van der Waals surface area contributed by atoms with E-state index in [1.807, 2.05) is 36.5 Å². The molecule has 3 N–H and O–H groups in total. The van der Waals surface area contributed by atoms with Crippen molar-refractivity contribution in [2.45, 2.75) is 38.5 Å². The Morgan fingerprint density at radius 1 is 1.14 bits per heavy atom. The quantitative estimate of drug-likeness (QED) is 0.408. The number of nitrogens with zero attached hydrogens (tertiary/aromatic N) is 3. The maximum atomic E-state index is 11.9. The third-order valence-corrected chi connectivity index (χ3v) is 5.66. The molecule has 3 aromatic rings. The molecule has 0 amide bonds. The van der Waals surface area contributed by atoms with Crippen molar-refractivity contribution in [1.82, 2.24) is 20.1 Å². The molecule has 0 radical (unpaired) electrons. The minimum Gasteiger partial charge on any atom is -0.477 e. The van der Waals surface area contributed by atoms with E-state index >= 15 is 0 Å². The summed E-state index contributed by atoms with van der Waals surface area (Å²) >= 11 is 6.16. The summed E-state index contributed by atoms with van der Waals surface area (Å²) in [6, 6.07) is 9.66. The monoisotopic (exact) mass is 510 g/mol. The smallest absolute Gasteiger partial charge is 0.477 e. The van der Waals surface area contributed by atoms with E-state index in [-0.39, 0.29) is 0 Å². The summed E-state index contributed by atoms with van der Waals surface area (Å²) in [7, 11) is 0. The summed E-state index contributed by atoms with van der Waals surface area (Å²) in [4.78, 5) is 24.9. The highest BCUT2D eigenvalue weighted by Crippen LogP contribution is 2.34. The molecule has 0 spiro atoms. The Hall–Kier alpha value is -3.44. The molecule has 1 aliphatic carbocycles. The number of carboxylic acids is 2. The minimum atomic E-state index is -5.08. The Bertz CT molecular complexity index is 1210. The molecule has 12 heteroatoms. The second-order valence-electron chi connectivity index (χ2n) is 7.66. The van der Waals surface area contributed by atoms with Crippen LogP contribution < -0.4 is 5.32 Å². The van der Waals surface area contributed by atoms with Gasteiger partial charge in [0.15, 0.2) is 0 Å². The van der Waals surface area contributed by atoms with E-state index in [4.69, 9.17) is 21.5 Å². The van der Waals surface area contributed by atoms with Crippen LogP contribution in [0.4, 0.5) is 13.2 Å². The van der Waals surface area contributed by atoms with Gasteiger partial charge < -0.3 is 15.5 Å². The van der Waals surface area contributed by atoms with Crippen LogP contribution in [-0.4, -0.2) is 49.6 Å². The zero-order chi connectivity index (χ0) is 25.6. The SMILES string of the molecule is O=C(O)C(F)(F)F.O=C(O)c1c2c(nn1CCCNCc1ccccc1Cl)-c1ccncc1CC2. The van der Waals surface area contributed by atoms with Crippen LogP contribution in [0, 0.1) is 0 Å². The molecule has 35 heavy (non-hydrogen) atoms. The van der Waals surface area contributed by atoms with Gasteiger partial charge in [-0.1, -0.05) is 29.8 Å². The molecule has 0 bridgehead atoms. The highest BCUT2D eigenvalue weighted by atomic mass is 35.5. The maximum Gasteiger partial charge on any atom is 0.490 e. The van der Waals surface area contributed by atoms with Gasteiger partial charge >= 0.3 is 18.1 Å². The summed E-state index contributed by atoms with van der Waals surface area (Å²) in [5.41, 5.74) is 5.09. The molecular formula is C23H22ClF3N4O4. The number of halogens is 4. The van der Waals surface area contributed by atoms with Gasteiger partial charge in [-0.05, 0) is 49.1 Å². The first-order chi connectivity index (χ1) is 16.6. The molecule has 2 heterocycles. The Labute approximate surface area is 203 Å². The van der Waals surface area contributed by atoms with Gasteiger partial charge in [-0.15, -0.1) is 0 Å². The zero-order valence-corrected chi connectivity index (χ0v) is 19.1. The van der Waals surface area contributed by atoms with Gasteiger partial charge in [0.25, 0.3) is 0 Å². The molecule has 0 atom stereocenters. The molecule has 1 aliphatic rings. The van der Waals surface area contributed by atoms with Crippen LogP contribution in [0.5, 0.6) is 0 Å². The molecule has 0 saturated heterocycles. The Kier molecular flexibility index (Phi) is 8.47. The Morgan fingerprint density at radius 2 is 1.86 bits per heavy atom. The molecule has 0 unspecified atom stereocenters. The number of aromatic carboxylic acids is 1. The van der Waals surface area contributed by atoms with Crippen LogP contribution in [0.3, 0.4) is 0 Å². The van der Waals surface area contributed by atoms with E-state index in [0.717, 1.165) is 52.4 Å². The fourth-order valence-electron chi connectivity index (χ4n) is 3.69. The average Bonchev–Trinajstić information content (AvgIpc) is 3.19. The number of benzene rings is 1. The number of nitrogens with one attached hydrogen (secondary N) is 1. The van der Waals surface area contributed by atoms with E-state index in [9.17, 15) is 23.1 Å². The van der Waals surface area contributed by atoms with Crippen molar-refractivity contribution in [3.05, 3.63) is 70.1 Å². The van der Waals surface area contributed by atoms with Crippen LogP contribution in [0.2, 0.25) is 5.02 Å². The number of carbonyl (C=O) groups is 2. The lowest BCUT2D eigenvalue weighted by atomic mass is 9.90. The van der Waals surface area contributed by atoms with Gasteiger partial charge in [0.05, 0.1) is 5.69 Å². The highest BCUT2D eigenvalue weighted by Gasteiger charge is 2.38. The number of rotatable bonds is 7. The number of hydrogen-bond acceptors (Lipinski definition) is 5. The number of fused-ring (bicyclic) bond motifs is 3. The minimum absolute atomic E-state index is 0.309. The fourth-order valence-corrected chi connectivity index (χ4v) is 3.89. The second-order valence-corrected chi connectivity index (χ2v) is 8.07. The van der Waals surface area contributed by atoms with Crippen molar-refractivity contribution in [1.29, 1.82) is 0 Å². The van der Waals surface area contributed by atoms with E-state index in [1.165, 1.54) is 0 Å².